The Balaban J connectivity index is 3.72. The van der Waals surface area contributed by atoms with Crippen molar-refractivity contribution in [2.75, 3.05) is 6.61 Å². The summed E-state index contributed by atoms with van der Waals surface area (Å²) in [5, 5.41) is 0. The first-order chi connectivity index (χ1) is 6.13. The van der Waals surface area contributed by atoms with Gasteiger partial charge in [0.25, 0.3) is 0 Å². The lowest BCUT2D eigenvalue weighted by Crippen LogP contribution is -2.20. The Morgan fingerprint density at radius 2 is 2.00 bits per heavy atom. The van der Waals surface area contributed by atoms with Gasteiger partial charge >= 0.3 is 0 Å². The molecule has 0 bridgehead atoms. The number of rotatable bonds is 5. The molecule has 0 aliphatic heterocycles. The fraction of sp³-hybridized carbons (Fsp3) is 0.875. The first kappa shape index (κ1) is 14.0. The van der Waals surface area contributed by atoms with Crippen LogP contribution in [-0.4, -0.2) is 21.2 Å². The van der Waals surface area contributed by atoms with Gasteiger partial charge < -0.3 is 0 Å². The normalized spacial score (nSPS) is 16.3. The molecule has 0 heterocycles. The molecule has 1 atom stereocenters. The maximum Gasteiger partial charge on any atom is 0.218 e. The Labute approximate surface area is 87.3 Å². The van der Waals surface area contributed by atoms with Crippen LogP contribution < -0.4 is 0 Å². The molecule has 0 amide bonds. The van der Waals surface area contributed by atoms with Crippen LogP contribution >= 0.6 is 8.02 Å². The minimum atomic E-state index is -3.31. The highest BCUT2D eigenvalue weighted by molar-refractivity contribution is 8.13. The summed E-state index contributed by atoms with van der Waals surface area (Å²) in [5.74, 6) is 0.125. The number of carbonyl (C=O) groups excluding carboxylic acids is 1. The number of carbonyl (C=O) groups is 1. The third kappa shape index (κ3) is 7.44. The topological polar surface area (TPSA) is 63.6 Å². The fourth-order valence-corrected chi connectivity index (χ4v) is 1.37. The lowest BCUT2D eigenvalue weighted by Gasteiger charge is -2.15. The number of hydrogen-bond acceptors (Lipinski definition) is 3. The van der Waals surface area contributed by atoms with Gasteiger partial charge in [-0.1, -0.05) is 20.8 Å². The zero-order chi connectivity index (χ0) is 11.4. The predicted octanol–water partition coefficient (Wildman–Crippen LogP) is 2.13. The molecule has 0 aromatic carbocycles. The molecule has 0 aliphatic rings. The molecule has 0 radical (unpaired) electrons. The predicted molar refractivity (Wildman–Crippen MR) is 58.7 cm³/mol. The Kier molecular flexibility index (Phi) is 5.23. The van der Waals surface area contributed by atoms with E-state index in [2.05, 4.69) is 12.2 Å². The van der Waals surface area contributed by atoms with Crippen molar-refractivity contribution in [3.8, 4) is 0 Å². The number of Topliss-reactive ketones (excluding diaryl/α,β-unsaturated/α-hetero) is 1. The van der Waals surface area contributed by atoms with Crippen molar-refractivity contribution in [2.24, 2.45) is 5.41 Å². The summed E-state index contributed by atoms with van der Waals surface area (Å²) in [6.45, 7) is 5.63. The third-order valence-electron chi connectivity index (χ3n) is 1.63. The first-order valence-corrected chi connectivity index (χ1v) is 6.98. The largest absolute Gasteiger partial charge is 0.299 e. The second-order valence-corrected chi connectivity index (χ2v) is 6.81. The van der Waals surface area contributed by atoms with E-state index >= 15 is 0 Å². The Bertz CT molecular complexity index is 289. The lowest BCUT2D eigenvalue weighted by atomic mass is 9.88. The molecule has 84 valence electrons. The van der Waals surface area contributed by atoms with Gasteiger partial charge in [0.15, 0.2) is 0 Å². The highest BCUT2D eigenvalue weighted by Gasteiger charge is 2.20. The summed E-state index contributed by atoms with van der Waals surface area (Å²) >= 11 is 0. The van der Waals surface area contributed by atoms with E-state index in [4.69, 9.17) is 4.55 Å². The molecule has 0 aromatic heterocycles. The van der Waals surface area contributed by atoms with Crippen LogP contribution in [0.2, 0.25) is 0 Å². The lowest BCUT2D eigenvalue weighted by molar-refractivity contribution is -0.126. The smallest absolute Gasteiger partial charge is 0.218 e. The van der Waals surface area contributed by atoms with E-state index in [9.17, 15) is 9.00 Å². The summed E-state index contributed by atoms with van der Waals surface area (Å²) < 4.78 is 23.8. The average Bonchev–Trinajstić information content (AvgIpc) is 1.93. The van der Waals surface area contributed by atoms with Gasteiger partial charge in [-0.3, -0.25) is 13.5 Å². The number of hydrogen-bond donors (Lipinski definition) is 1. The van der Waals surface area contributed by atoms with E-state index < -0.39 is 9.67 Å². The van der Waals surface area contributed by atoms with E-state index in [0.717, 1.165) is 0 Å². The van der Waals surface area contributed by atoms with E-state index in [-0.39, 0.29) is 17.8 Å². The van der Waals surface area contributed by atoms with Crippen molar-refractivity contribution in [2.45, 2.75) is 33.6 Å². The van der Waals surface area contributed by atoms with Gasteiger partial charge in [-0.2, -0.15) is 0 Å². The maximum atomic E-state index is 11.4. The van der Waals surface area contributed by atoms with Gasteiger partial charge in [0.2, 0.25) is 9.67 Å². The Morgan fingerprint density at radius 1 is 1.50 bits per heavy atom. The van der Waals surface area contributed by atoms with Crippen molar-refractivity contribution in [1.29, 1.82) is 0 Å². The van der Waals surface area contributed by atoms with E-state index in [0.29, 0.717) is 12.8 Å². The van der Waals surface area contributed by atoms with Gasteiger partial charge in [-0.05, 0) is 6.42 Å². The quantitative estimate of drug-likeness (QED) is 0.590. The van der Waals surface area contributed by atoms with Crippen LogP contribution in [-0.2, 0) is 18.7 Å². The first-order valence-electron chi connectivity index (χ1n) is 4.32. The van der Waals surface area contributed by atoms with Crippen LogP contribution in [0.4, 0.5) is 0 Å². The summed E-state index contributed by atoms with van der Waals surface area (Å²) in [6.07, 6.45) is 0.823. The molecule has 1 unspecified atom stereocenters. The van der Waals surface area contributed by atoms with Crippen LogP contribution in [0.1, 0.15) is 33.6 Å². The molecule has 6 heteroatoms. The van der Waals surface area contributed by atoms with Crippen molar-refractivity contribution in [1.82, 2.24) is 0 Å². The molecule has 4 nitrogen and oxygen atoms in total. The summed E-state index contributed by atoms with van der Waals surface area (Å²) in [7, 11) is -0.802. The molecule has 0 saturated carbocycles. The molecule has 0 aromatic rings. The minimum absolute atomic E-state index is 0.0979. The second kappa shape index (κ2) is 5.21. The monoisotopic (exact) mass is 240 g/mol. The molecule has 0 spiro atoms. The molecule has 0 saturated heterocycles. The highest BCUT2D eigenvalue weighted by Crippen LogP contribution is 2.17. The zero-order valence-corrected chi connectivity index (χ0v) is 10.5. The van der Waals surface area contributed by atoms with Gasteiger partial charge in [0, 0.05) is 19.9 Å². The van der Waals surface area contributed by atoms with Gasteiger partial charge in [-0.25, -0.2) is 4.21 Å². The van der Waals surface area contributed by atoms with E-state index in [1.807, 2.05) is 20.8 Å². The third-order valence-corrected chi connectivity index (χ3v) is 2.47. The van der Waals surface area contributed by atoms with Crippen molar-refractivity contribution < 1.29 is 17.7 Å². The molecule has 14 heavy (non-hydrogen) atoms. The standard InChI is InChI=1S/C8H17O4PS/c1-8(2,3)7(9)5-4-6-12-14(10,11)13/h13H,4-6H2,1-3H3,(H,10,11). The molecular formula is C8H17O4PS. The van der Waals surface area contributed by atoms with Gasteiger partial charge in [0.1, 0.15) is 5.78 Å². The maximum absolute atomic E-state index is 11.4. The number of ketones is 1. The fourth-order valence-electron chi connectivity index (χ4n) is 0.780. The van der Waals surface area contributed by atoms with E-state index in [1.54, 1.807) is 0 Å². The Hall–Kier alpha value is 0.0400. The van der Waals surface area contributed by atoms with Crippen molar-refractivity contribution >= 4 is 23.5 Å². The zero-order valence-electron chi connectivity index (χ0n) is 8.70. The second-order valence-electron chi connectivity index (χ2n) is 4.07. The summed E-state index contributed by atoms with van der Waals surface area (Å²) in [5.41, 5.74) is -0.353. The Morgan fingerprint density at radius 3 is 2.36 bits per heavy atom. The molecule has 0 fully saturated rings. The SMILES string of the molecule is CC(C)(C)C(=O)CCCOS(=O)(O)=P. The summed E-state index contributed by atoms with van der Waals surface area (Å²) in [6, 6.07) is 0. The van der Waals surface area contributed by atoms with Crippen LogP contribution in [0, 0.1) is 5.41 Å². The van der Waals surface area contributed by atoms with Crippen molar-refractivity contribution in [3.63, 3.8) is 0 Å². The molecular weight excluding hydrogens is 223 g/mol. The average molecular weight is 240 g/mol. The van der Waals surface area contributed by atoms with Crippen LogP contribution in [0.15, 0.2) is 0 Å². The van der Waals surface area contributed by atoms with Crippen molar-refractivity contribution in [3.05, 3.63) is 0 Å². The minimum Gasteiger partial charge on any atom is -0.299 e. The van der Waals surface area contributed by atoms with Crippen LogP contribution in [0.3, 0.4) is 0 Å². The molecule has 0 rings (SSSR count). The van der Waals surface area contributed by atoms with E-state index in [1.165, 1.54) is 0 Å². The molecule has 0 aliphatic carbocycles. The van der Waals surface area contributed by atoms with Crippen LogP contribution in [0.25, 0.3) is 0 Å². The van der Waals surface area contributed by atoms with Gasteiger partial charge in [-0.15, -0.1) is 0 Å². The molecule has 1 N–H and O–H groups in total. The van der Waals surface area contributed by atoms with Crippen LogP contribution in [0.5, 0.6) is 0 Å². The van der Waals surface area contributed by atoms with Gasteiger partial charge in [0.05, 0.1) is 6.61 Å². The highest BCUT2D eigenvalue weighted by atomic mass is 32.5. The summed E-state index contributed by atoms with van der Waals surface area (Å²) in [4.78, 5) is 11.4.